The molecule has 0 aromatic heterocycles. The van der Waals surface area contributed by atoms with Gasteiger partial charge >= 0.3 is 0 Å². The van der Waals surface area contributed by atoms with Crippen molar-refractivity contribution in [3.63, 3.8) is 0 Å². The molecule has 0 bridgehead atoms. The van der Waals surface area contributed by atoms with Crippen molar-refractivity contribution in [2.24, 2.45) is 44.6 Å². The molecule has 2 heterocycles. The highest BCUT2D eigenvalue weighted by atomic mass is 15.2. The third-order valence-electron chi connectivity index (χ3n) is 12.9. The fourth-order valence-corrected chi connectivity index (χ4v) is 9.67. The first-order valence-corrected chi connectivity index (χ1v) is 21.2. The molecule has 7 atom stereocenters. The maximum Gasteiger partial charge on any atom is 0.150 e. The fraction of sp³-hybridized carbons (Fsp3) is 0.420. The number of hydrogen-bond donors (Lipinski definition) is 1. The lowest BCUT2D eigenvalue weighted by atomic mass is 9.75. The minimum absolute atomic E-state index is 0.0638. The summed E-state index contributed by atoms with van der Waals surface area (Å²) in [5.74, 6) is 4.52. The van der Waals surface area contributed by atoms with Crippen LogP contribution in [0.1, 0.15) is 89.9 Å². The molecular weight excluding hydrogens is 657 g/mol. The van der Waals surface area contributed by atoms with Gasteiger partial charge in [0.2, 0.25) is 0 Å². The highest BCUT2D eigenvalue weighted by Gasteiger charge is 2.32. The normalized spacial score (nSPS) is 33.3. The van der Waals surface area contributed by atoms with E-state index in [1.54, 1.807) is 0 Å². The molecule has 7 unspecified atom stereocenters. The molecular formula is C50H56N4. The van der Waals surface area contributed by atoms with Crippen molar-refractivity contribution in [3.8, 4) is 0 Å². The zero-order chi connectivity index (χ0) is 36.1. The lowest BCUT2D eigenvalue weighted by molar-refractivity contribution is 0.301. The van der Waals surface area contributed by atoms with Crippen molar-refractivity contribution < 1.29 is 0 Å². The molecule has 276 valence electrons. The summed E-state index contributed by atoms with van der Waals surface area (Å²) in [7, 11) is 0. The average molecular weight is 713 g/mol. The van der Waals surface area contributed by atoms with E-state index in [1.165, 1.54) is 59.1 Å². The molecule has 9 aliphatic rings. The molecule has 0 amide bonds. The van der Waals surface area contributed by atoms with Crippen molar-refractivity contribution in [2.45, 2.75) is 102 Å². The molecule has 0 aromatic carbocycles. The van der Waals surface area contributed by atoms with Crippen LogP contribution in [0.25, 0.3) is 0 Å². The summed E-state index contributed by atoms with van der Waals surface area (Å²) in [5.41, 5.74) is 9.07. The van der Waals surface area contributed by atoms with E-state index in [0.717, 1.165) is 87.5 Å². The Hall–Kier alpha value is -4.57. The minimum atomic E-state index is -0.0638. The number of allylic oxidation sites excluding steroid dienone is 19. The van der Waals surface area contributed by atoms with Gasteiger partial charge in [0, 0.05) is 28.9 Å². The third kappa shape index (κ3) is 7.81. The van der Waals surface area contributed by atoms with E-state index in [9.17, 15) is 0 Å². The van der Waals surface area contributed by atoms with Gasteiger partial charge in [-0.2, -0.15) is 0 Å². The summed E-state index contributed by atoms with van der Waals surface area (Å²) in [6.45, 7) is 0. The van der Waals surface area contributed by atoms with Crippen LogP contribution >= 0.6 is 0 Å². The quantitative estimate of drug-likeness (QED) is 0.250. The van der Waals surface area contributed by atoms with Crippen LogP contribution < -0.4 is 5.32 Å². The molecule has 0 saturated carbocycles. The zero-order valence-electron chi connectivity index (χ0n) is 31.8. The zero-order valence-corrected chi connectivity index (χ0v) is 31.8. The molecule has 4 nitrogen and oxygen atoms in total. The summed E-state index contributed by atoms with van der Waals surface area (Å²) in [6.07, 6.45) is 63.2. The lowest BCUT2D eigenvalue weighted by Gasteiger charge is -2.34. The maximum atomic E-state index is 5.45. The van der Waals surface area contributed by atoms with Crippen LogP contribution in [-0.4, -0.2) is 29.6 Å². The molecule has 7 aliphatic carbocycles. The summed E-state index contributed by atoms with van der Waals surface area (Å²) >= 11 is 0. The van der Waals surface area contributed by atoms with E-state index >= 15 is 0 Å². The van der Waals surface area contributed by atoms with E-state index in [4.69, 9.17) is 15.0 Å². The van der Waals surface area contributed by atoms with Gasteiger partial charge in [-0.25, -0.2) is 9.98 Å². The number of aliphatic imine (C=N–C) groups is 3. The molecule has 9 rings (SSSR count). The van der Waals surface area contributed by atoms with Crippen LogP contribution in [0.2, 0.25) is 0 Å². The van der Waals surface area contributed by atoms with Gasteiger partial charge in [0.1, 0.15) is 17.8 Å². The molecule has 0 saturated heterocycles. The molecule has 0 fully saturated rings. The predicted octanol–water partition coefficient (Wildman–Crippen LogP) is 11.6. The van der Waals surface area contributed by atoms with Crippen LogP contribution in [0, 0.1) is 29.6 Å². The number of nitrogens with one attached hydrogen (secondary N) is 1. The Balaban J connectivity index is 0.892. The Labute approximate surface area is 323 Å². The number of amidine groups is 2. The molecule has 0 aromatic rings. The molecule has 2 aliphatic heterocycles. The fourth-order valence-electron chi connectivity index (χ4n) is 9.67. The SMILES string of the molecule is C1=CC(C2=CCC(C3=CCCC=C3)N=C2C2=CCC(C3=CCC(C4=NC(C5C=CC(C6CC=CCC6)CC5)N=C(C5=CCCC=C5)N4)C=C3)C=C2)=CCC1. The van der Waals surface area contributed by atoms with Gasteiger partial charge in [-0.15, -0.1) is 0 Å². The minimum Gasteiger partial charge on any atom is -0.328 e. The maximum absolute atomic E-state index is 5.45. The van der Waals surface area contributed by atoms with E-state index in [-0.39, 0.29) is 18.1 Å². The van der Waals surface area contributed by atoms with Crippen molar-refractivity contribution in [3.05, 3.63) is 155 Å². The Morgan fingerprint density at radius 3 is 1.94 bits per heavy atom. The average Bonchev–Trinajstić information content (AvgIpc) is 3.27. The Bertz CT molecular complexity index is 1990. The van der Waals surface area contributed by atoms with Gasteiger partial charge in [-0.05, 0) is 124 Å². The predicted molar refractivity (Wildman–Crippen MR) is 228 cm³/mol. The molecule has 4 heteroatoms. The third-order valence-corrected chi connectivity index (χ3v) is 12.9. The van der Waals surface area contributed by atoms with Crippen molar-refractivity contribution >= 4 is 17.4 Å². The largest absolute Gasteiger partial charge is 0.328 e. The summed E-state index contributed by atoms with van der Waals surface area (Å²) in [5, 5.41) is 3.73. The number of rotatable bonds is 8. The molecule has 0 spiro atoms. The number of hydrogen-bond acceptors (Lipinski definition) is 4. The Kier molecular flexibility index (Phi) is 10.7. The van der Waals surface area contributed by atoms with Crippen molar-refractivity contribution in [1.29, 1.82) is 0 Å². The number of dihydropyridines is 1. The molecule has 0 radical (unpaired) electrons. The summed E-state index contributed by atoms with van der Waals surface area (Å²) in [6, 6.07) is 0.207. The van der Waals surface area contributed by atoms with Crippen LogP contribution in [0.3, 0.4) is 0 Å². The molecule has 54 heavy (non-hydrogen) atoms. The monoisotopic (exact) mass is 712 g/mol. The van der Waals surface area contributed by atoms with Crippen LogP contribution in [0.5, 0.6) is 0 Å². The van der Waals surface area contributed by atoms with Crippen LogP contribution in [0.4, 0.5) is 0 Å². The van der Waals surface area contributed by atoms with E-state index in [2.05, 4.69) is 127 Å². The second kappa shape index (κ2) is 16.4. The standard InChI is InChI=1S/C50H56N4/c1-5-13-35(14-6-1)36-23-29-43(30-24-36)49-52-48(42-19-11-4-12-20-42)53-50(54-49)44-31-25-38(26-32-44)37-21-27-41(28-22-37)47-45(39-15-7-2-8-16-39)33-34-46(51-47)40-17-9-3-10-18-40/h1,5,7,9,11,15-21,23,25-29,31,33,35-37,43-44,46,49H,2-4,6,8,10,12-14,22,24,30,32,34H2,(H,52,53,54). The van der Waals surface area contributed by atoms with E-state index in [1.807, 2.05) is 0 Å². The summed E-state index contributed by atoms with van der Waals surface area (Å²) in [4.78, 5) is 16.1. The Morgan fingerprint density at radius 1 is 0.481 bits per heavy atom. The first-order chi connectivity index (χ1) is 26.7. The highest BCUT2D eigenvalue weighted by molar-refractivity contribution is 6.18. The van der Waals surface area contributed by atoms with Crippen LogP contribution in [0.15, 0.2) is 170 Å². The number of nitrogens with zero attached hydrogens (tertiary/aromatic N) is 3. The smallest absolute Gasteiger partial charge is 0.150 e. The lowest BCUT2D eigenvalue weighted by Crippen LogP contribution is -2.42. The van der Waals surface area contributed by atoms with E-state index < -0.39 is 0 Å². The second-order valence-corrected chi connectivity index (χ2v) is 16.4. The van der Waals surface area contributed by atoms with Gasteiger partial charge in [0.25, 0.3) is 0 Å². The topological polar surface area (TPSA) is 49.1 Å². The van der Waals surface area contributed by atoms with Gasteiger partial charge in [-0.1, -0.05) is 122 Å². The van der Waals surface area contributed by atoms with Gasteiger partial charge in [-0.3, -0.25) is 4.99 Å². The molecule has 1 N–H and O–H groups in total. The first-order valence-electron chi connectivity index (χ1n) is 21.2. The van der Waals surface area contributed by atoms with Gasteiger partial charge in [0.05, 0.1) is 11.8 Å². The summed E-state index contributed by atoms with van der Waals surface area (Å²) < 4.78 is 0. The van der Waals surface area contributed by atoms with Crippen molar-refractivity contribution in [1.82, 2.24) is 5.32 Å². The van der Waals surface area contributed by atoms with Crippen LogP contribution in [-0.2, 0) is 0 Å². The van der Waals surface area contributed by atoms with E-state index in [0.29, 0.717) is 17.8 Å². The highest BCUT2D eigenvalue weighted by Crippen LogP contribution is 2.38. The first kappa shape index (κ1) is 35.2. The Morgan fingerprint density at radius 2 is 1.26 bits per heavy atom. The van der Waals surface area contributed by atoms with Gasteiger partial charge < -0.3 is 5.32 Å². The van der Waals surface area contributed by atoms with Crippen molar-refractivity contribution in [2.75, 3.05) is 0 Å². The second-order valence-electron chi connectivity index (χ2n) is 16.4. The van der Waals surface area contributed by atoms with Gasteiger partial charge in [0.15, 0.2) is 0 Å².